The highest BCUT2D eigenvalue weighted by Crippen LogP contribution is 2.59. The van der Waals surface area contributed by atoms with Crippen LogP contribution in [0.25, 0.3) is 0 Å². The molecule has 2 N–H and O–H groups in total. The van der Waals surface area contributed by atoms with Gasteiger partial charge in [-0.15, -0.1) is 24.8 Å². The van der Waals surface area contributed by atoms with E-state index in [0.717, 1.165) is 62.6 Å². The maximum absolute atomic E-state index is 12.9. The van der Waals surface area contributed by atoms with E-state index in [1.54, 1.807) is 14.2 Å². The predicted octanol–water partition coefficient (Wildman–Crippen LogP) is 3.34. The zero-order chi connectivity index (χ0) is 18.9. The number of halogens is 2. The van der Waals surface area contributed by atoms with Crippen molar-refractivity contribution in [2.75, 3.05) is 45.7 Å². The highest BCUT2D eigenvalue weighted by atomic mass is 35.5. The fraction of sp³-hybridized carbons (Fsp3) is 0.667. The van der Waals surface area contributed by atoms with Crippen molar-refractivity contribution in [3.05, 3.63) is 18.2 Å². The van der Waals surface area contributed by atoms with Gasteiger partial charge in [0.05, 0.1) is 14.2 Å². The third kappa shape index (κ3) is 5.22. The van der Waals surface area contributed by atoms with E-state index in [4.69, 9.17) is 9.47 Å². The van der Waals surface area contributed by atoms with Gasteiger partial charge < -0.3 is 25.0 Å². The molecule has 0 bridgehead atoms. The lowest BCUT2D eigenvalue weighted by Crippen LogP contribution is -2.44. The third-order valence-corrected chi connectivity index (χ3v) is 6.62. The SMILES string of the molecule is COc1cc(NC2CCN(C(=O)C3CC34CCNCC4)CC2)cc(OC)c1.Cl.Cl. The van der Waals surface area contributed by atoms with Crippen LogP contribution in [0.2, 0.25) is 0 Å². The summed E-state index contributed by atoms with van der Waals surface area (Å²) in [4.78, 5) is 15.0. The van der Waals surface area contributed by atoms with Crippen molar-refractivity contribution in [3.8, 4) is 11.5 Å². The van der Waals surface area contributed by atoms with E-state index in [1.807, 2.05) is 18.2 Å². The molecule has 29 heavy (non-hydrogen) atoms. The first kappa shape index (κ1) is 23.9. The fourth-order valence-electron chi connectivity index (χ4n) is 4.77. The van der Waals surface area contributed by atoms with Gasteiger partial charge in [-0.2, -0.15) is 0 Å². The van der Waals surface area contributed by atoms with Crippen LogP contribution in [0.3, 0.4) is 0 Å². The van der Waals surface area contributed by atoms with Crippen LogP contribution in [0.1, 0.15) is 32.1 Å². The van der Waals surface area contributed by atoms with Crippen molar-refractivity contribution in [3.63, 3.8) is 0 Å². The lowest BCUT2D eigenvalue weighted by atomic mass is 9.91. The topological polar surface area (TPSA) is 62.8 Å². The Labute approximate surface area is 185 Å². The van der Waals surface area contributed by atoms with E-state index < -0.39 is 0 Å². The van der Waals surface area contributed by atoms with Crippen molar-refractivity contribution >= 4 is 36.4 Å². The molecule has 0 radical (unpaired) electrons. The molecular formula is C21H33Cl2N3O3. The van der Waals surface area contributed by atoms with Crippen molar-refractivity contribution in [1.82, 2.24) is 10.2 Å². The van der Waals surface area contributed by atoms with Gasteiger partial charge in [0.2, 0.25) is 5.91 Å². The summed E-state index contributed by atoms with van der Waals surface area (Å²) in [6.45, 7) is 3.84. The Morgan fingerprint density at radius 1 is 1.07 bits per heavy atom. The Bertz CT molecular complexity index is 667. The summed E-state index contributed by atoms with van der Waals surface area (Å²) in [6, 6.07) is 6.23. The number of ether oxygens (including phenoxy) is 2. The molecule has 2 aliphatic heterocycles. The lowest BCUT2D eigenvalue weighted by molar-refractivity contribution is -0.134. The average Bonchev–Trinajstić information content (AvgIpc) is 3.40. The van der Waals surface area contributed by atoms with E-state index >= 15 is 0 Å². The second-order valence-corrected chi connectivity index (χ2v) is 8.21. The van der Waals surface area contributed by atoms with E-state index in [0.29, 0.717) is 17.4 Å². The van der Waals surface area contributed by atoms with Crippen LogP contribution in [0.15, 0.2) is 18.2 Å². The summed E-state index contributed by atoms with van der Waals surface area (Å²) in [5.41, 5.74) is 1.33. The Kier molecular flexibility index (Phi) is 8.32. The fourth-order valence-corrected chi connectivity index (χ4v) is 4.77. The molecule has 2 saturated heterocycles. The van der Waals surface area contributed by atoms with Crippen molar-refractivity contribution in [2.45, 2.75) is 38.1 Å². The van der Waals surface area contributed by atoms with Gasteiger partial charge in [0.1, 0.15) is 11.5 Å². The number of hydrogen-bond donors (Lipinski definition) is 2. The number of rotatable bonds is 5. The van der Waals surface area contributed by atoms with Gasteiger partial charge in [0, 0.05) is 48.9 Å². The molecule has 0 aromatic heterocycles. The number of amides is 1. The minimum Gasteiger partial charge on any atom is -0.497 e. The van der Waals surface area contributed by atoms with Gasteiger partial charge in [-0.25, -0.2) is 0 Å². The molecule has 1 aromatic rings. The van der Waals surface area contributed by atoms with Crippen LogP contribution in [-0.4, -0.2) is 57.2 Å². The normalized spacial score (nSPS) is 22.8. The number of nitrogens with one attached hydrogen (secondary N) is 2. The Balaban J connectivity index is 0.00000150. The molecule has 4 rings (SSSR count). The highest BCUT2D eigenvalue weighted by molar-refractivity contribution is 5.85. The summed E-state index contributed by atoms with van der Waals surface area (Å²) in [6.07, 6.45) is 5.40. The molecule has 8 heteroatoms. The minimum atomic E-state index is 0. The molecule has 1 aromatic carbocycles. The summed E-state index contributed by atoms with van der Waals surface area (Å²) < 4.78 is 10.7. The number of likely N-dealkylation sites (tertiary alicyclic amines) is 1. The van der Waals surface area contributed by atoms with E-state index in [1.165, 1.54) is 12.8 Å². The maximum Gasteiger partial charge on any atom is 0.226 e. The zero-order valence-electron chi connectivity index (χ0n) is 17.2. The van der Waals surface area contributed by atoms with Gasteiger partial charge in [-0.1, -0.05) is 0 Å². The molecule has 3 fully saturated rings. The number of nitrogens with zero attached hydrogens (tertiary/aromatic N) is 1. The molecular weight excluding hydrogens is 413 g/mol. The number of piperidine rings is 2. The van der Waals surface area contributed by atoms with E-state index in [2.05, 4.69) is 15.5 Å². The number of carbonyl (C=O) groups is 1. The quantitative estimate of drug-likeness (QED) is 0.727. The van der Waals surface area contributed by atoms with Gasteiger partial charge in [0.15, 0.2) is 0 Å². The van der Waals surface area contributed by atoms with E-state index in [9.17, 15) is 4.79 Å². The van der Waals surface area contributed by atoms with Crippen molar-refractivity contribution < 1.29 is 14.3 Å². The van der Waals surface area contributed by atoms with Crippen LogP contribution < -0.4 is 20.1 Å². The minimum absolute atomic E-state index is 0. The summed E-state index contributed by atoms with van der Waals surface area (Å²) in [5.74, 6) is 2.25. The van der Waals surface area contributed by atoms with Crippen molar-refractivity contribution in [2.24, 2.45) is 11.3 Å². The van der Waals surface area contributed by atoms with Crippen LogP contribution in [-0.2, 0) is 4.79 Å². The van der Waals surface area contributed by atoms with Crippen molar-refractivity contribution in [1.29, 1.82) is 0 Å². The van der Waals surface area contributed by atoms with Gasteiger partial charge in [-0.3, -0.25) is 4.79 Å². The monoisotopic (exact) mass is 445 g/mol. The predicted molar refractivity (Wildman–Crippen MR) is 120 cm³/mol. The molecule has 6 nitrogen and oxygen atoms in total. The Morgan fingerprint density at radius 2 is 1.66 bits per heavy atom. The molecule has 1 saturated carbocycles. The van der Waals surface area contributed by atoms with Crippen LogP contribution in [0, 0.1) is 11.3 Å². The number of methoxy groups -OCH3 is 2. The smallest absolute Gasteiger partial charge is 0.226 e. The number of hydrogen-bond acceptors (Lipinski definition) is 5. The number of anilines is 1. The molecule has 164 valence electrons. The number of carbonyl (C=O) groups excluding carboxylic acids is 1. The second-order valence-electron chi connectivity index (χ2n) is 8.21. The summed E-state index contributed by atoms with van der Waals surface area (Å²) >= 11 is 0. The lowest BCUT2D eigenvalue weighted by Gasteiger charge is -2.34. The molecule has 1 aliphatic carbocycles. The first-order valence-electron chi connectivity index (χ1n) is 10.1. The molecule has 1 amide bonds. The number of benzene rings is 1. The highest BCUT2D eigenvalue weighted by Gasteiger charge is 2.58. The molecule has 1 unspecified atom stereocenters. The summed E-state index contributed by atoms with van der Waals surface area (Å²) in [7, 11) is 3.32. The van der Waals surface area contributed by atoms with E-state index in [-0.39, 0.29) is 30.7 Å². The maximum atomic E-state index is 12.9. The van der Waals surface area contributed by atoms with Crippen LogP contribution >= 0.6 is 24.8 Å². The largest absolute Gasteiger partial charge is 0.497 e. The first-order valence-corrected chi connectivity index (χ1v) is 10.1. The third-order valence-electron chi connectivity index (χ3n) is 6.62. The first-order chi connectivity index (χ1) is 13.1. The van der Waals surface area contributed by atoms with Gasteiger partial charge in [-0.05, 0) is 50.6 Å². The second kappa shape index (κ2) is 10.1. The van der Waals surface area contributed by atoms with Crippen LogP contribution in [0.4, 0.5) is 5.69 Å². The molecule has 3 aliphatic rings. The molecule has 1 atom stereocenters. The molecule has 1 spiro atoms. The van der Waals surface area contributed by atoms with Crippen LogP contribution in [0.5, 0.6) is 11.5 Å². The summed E-state index contributed by atoms with van der Waals surface area (Å²) in [5, 5.41) is 7.00. The Hall–Kier alpha value is -1.37. The standard InChI is InChI=1S/C21H31N3O3.2ClH/c1-26-17-11-16(12-18(13-17)27-2)23-15-3-9-24(10-4-15)20(25)19-14-21(19)5-7-22-8-6-21;;/h11-13,15,19,22-23H,3-10,14H2,1-2H3;2*1H. The van der Waals surface area contributed by atoms with Gasteiger partial charge >= 0.3 is 0 Å². The zero-order valence-corrected chi connectivity index (χ0v) is 18.9. The molecule has 2 heterocycles. The Morgan fingerprint density at radius 3 is 2.21 bits per heavy atom. The average molecular weight is 446 g/mol. The van der Waals surface area contributed by atoms with Gasteiger partial charge in [0.25, 0.3) is 0 Å².